The third-order valence-corrected chi connectivity index (χ3v) is 10.6. The van der Waals surface area contributed by atoms with Gasteiger partial charge in [0.2, 0.25) is 0 Å². The molecule has 0 saturated carbocycles. The molecule has 9 aromatic rings. The minimum absolute atomic E-state index is 0.587. The lowest BCUT2D eigenvalue weighted by Crippen LogP contribution is -2.26. The van der Waals surface area contributed by atoms with Crippen molar-refractivity contribution in [2.75, 3.05) is 0 Å². The summed E-state index contributed by atoms with van der Waals surface area (Å²) in [5.41, 5.74) is 7.54. The van der Waals surface area contributed by atoms with Crippen molar-refractivity contribution in [2.45, 2.75) is 0 Å². The molecule has 0 aliphatic rings. The number of benzene rings is 9. The summed E-state index contributed by atoms with van der Waals surface area (Å²) in [5.74, 6) is 0. The molecule has 218 valence electrons. The number of fused-ring (bicyclic) bond motifs is 4. The molecule has 0 bridgehead atoms. The molecule has 0 saturated heterocycles. The average molecular weight is 611 g/mol. The maximum absolute atomic E-state index is 2.45. The number of hydrogen-bond donors (Lipinski definition) is 0. The third-order valence-electron chi connectivity index (χ3n) is 9.36. The SMILES string of the molecule is c1ccc([Si]c2ccc3c(-c4ccc5ccccc5c4)c4ccccc4c(-c4cccc(-c5ccc6ccccc6c5)c4)c3c2)cc1. The van der Waals surface area contributed by atoms with Crippen molar-refractivity contribution in [1.82, 2.24) is 0 Å². The van der Waals surface area contributed by atoms with Gasteiger partial charge in [0.1, 0.15) is 9.52 Å². The first-order valence-corrected chi connectivity index (χ1v) is 17.2. The quantitative estimate of drug-likeness (QED) is 0.134. The molecule has 0 N–H and O–H groups in total. The van der Waals surface area contributed by atoms with E-state index in [4.69, 9.17) is 0 Å². The van der Waals surface area contributed by atoms with Crippen molar-refractivity contribution >= 4 is 63.0 Å². The lowest BCUT2D eigenvalue weighted by atomic mass is 9.85. The van der Waals surface area contributed by atoms with Crippen LogP contribution in [0.5, 0.6) is 0 Å². The van der Waals surface area contributed by atoms with Gasteiger partial charge < -0.3 is 0 Å². The third kappa shape index (κ3) is 5.02. The fourth-order valence-corrected chi connectivity index (χ4v) is 8.21. The van der Waals surface area contributed by atoms with Crippen LogP contribution in [0.4, 0.5) is 0 Å². The maximum Gasteiger partial charge on any atom is 0.121 e. The second-order valence-corrected chi connectivity index (χ2v) is 13.7. The van der Waals surface area contributed by atoms with E-state index < -0.39 is 0 Å². The number of rotatable bonds is 5. The second kappa shape index (κ2) is 11.5. The molecule has 47 heavy (non-hydrogen) atoms. The zero-order valence-corrected chi connectivity index (χ0v) is 26.8. The normalized spacial score (nSPS) is 11.5. The van der Waals surface area contributed by atoms with Crippen LogP contribution >= 0.6 is 0 Å². The van der Waals surface area contributed by atoms with Crippen molar-refractivity contribution in [2.24, 2.45) is 0 Å². The van der Waals surface area contributed by atoms with E-state index in [0.717, 1.165) is 0 Å². The highest BCUT2D eigenvalue weighted by molar-refractivity contribution is 6.67. The molecule has 0 amide bonds. The van der Waals surface area contributed by atoms with Crippen molar-refractivity contribution < 1.29 is 0 Å². The molecule has 0 spiro atoms. The Hall–Kier alpha value is -5.76. The molecule has 0 heterocycles. The van der Waals surface area contributed by atoms with E-state index in [9.17, 15) is 0 Å². The number of hydrogen-bond acceptors (Lipinski definition) is 0. The summed E-state index contributed by atoms with van der Waals surface area (Å²) in [5, 5.41) is 12.9. The summed E-state index contributed by atoms with van der Waals surface area (Å²) in [6.45, 7) is 0. The van der Waals surface area contributed by atoms with Gasteiger partial charge in [-0.25, -0.2) is 0 Å². The van der Waals surface area contributed by atoms with Gasteiger partial charge in [-0.15, -0.1) is 0 Å². The first-order valence-electron chi connectivity index (χ1n) is 16.2. The summed E-state index contributed by atoms with van der Waals surface area (Å²) < 4.78 is 0. The zero-order chi connectivity index (χ0) is 31.2. The molecular formula is C46H30Si. The molecule has 2 radical (unpaired) electrons. The van der Waals surface area contributed by atoms with Crippen LogP contribution in [0, 0.1) is 0 Å². The molecular weight excluding hydrogens is 581 g/mol. The summed E-state index contributed by atoms with van der Waals surface area (Å²) >= 11 is 0. The van der Waals surface area contributed by atoms with E-state index in [-0.39, 0.29) is 0 Å². The first-order chi connectivity index (χ1) is 23.3. The predicted molar refractivity (Wildman–Crippen MR) is 204 cm³/mol. The smallest absolute Gasteiger partial charge is 0.0631 e. The zero-order valence-electron chi connectivity index (χ0n) is 25.8. The Morgan fingerprint density at radius 2 is 0.766 bits per heavy atom. The monoisotopic (exact) mass is 610 g/mol. The average Bonchev–Trinajstić information content (AvgIpc) is 3.14. The summed E-state index contributed by atoms with van der Waals surface area (Å²) in [4.78, 5) is 0. The van der Waals surface area contributed by atoms with Gasteiger partial charge in [0.25, 0.3) is 0 Å². The van der Waals surface area contributed by atoms with Crippen molar-refractivity contribution in [3.05, 3.63) is 182 Å². The lowest BCUT2D eigenvalue weighted by Gasteiger charge is -2.19. The standard InChI is InChI=1S/C46H30Si/c1-2-17-39(18-3-1)47-40-25-26-43-44(30-40)46(37-16-10-15-35(29-37)36-23-21-31-11-4-6-13-33(31)27-36)42-20-9-8-19-41(42)45(43)38-24-22-32-12-5-7-14-34(32)28-38/h1-30H. The Morgan fingerprint density at radius 3 is 1.49 bits per heavy atom. The largest absolute Gasteiger partial charge is 0.121 e. The van der Waals surface area contributed by atoms with Gasteiger partial charge >= 0.3 is 0 Å². The van der Waals surface area contributed by atoms with Crippen LogP contribution in [-0.4, -0.2) is 9.52 Å². The van der Waals surface area contributed by atoms with Gasteiger partial charge in [-0.2, -0.15) is 0 Å². The van der Waals surface area contributed by atoms with E-state index >= 15 is 0 Å². The fraction of sp³-hybridized carbons (Fsp3) is 0. The molecule has 1 heteroatoms. The minimum Gasteiger partial charge on any atom is -0.0631 e. The molecule has 0 nitrogen and oxygen atoms in total. The van der Waals surface area contributed by atoms with Crippen LogP contribution in [-0.2, 0) is 0 Å². The summed E-state index contributed by atoms with van der Waals surface area (Å²) in [6, 6.07) is 67.1. The summed E-state index contributed by atoms with van der Waals surface area (Å²) in [7, 11) is 0.587. The van der Waals surface area contributed by atoms with Crippen LogP contribution in [0.2, 0.25) is 0 Å². The van der Waals surface area contributed by atoms with Gasteiger partial charge in [0.15, 0.2) is 0 Å². The van der Waals surface area contributed by atoms with Crippen LogP contribution in [0.1, 0.15) is 0 Å². The molecule has 9 aromatic carbocycles. The van der Waals surface area contributed by atoms with Crippen LogP contribution in [0.25, 0.3) is 76.5 Å². The Bertz CT molecular complexity index is 2600. The maximum atomic E-state index is 2.45. The molecule has 0 fully saturated rings. The Kier molecular flexibility index (Phi) is 6.77. The van der Waals surface area contributed by atoms with Crippen molar-refractivity contribution in [3.63, 3.8) is 0 Å². The molecule has 0 atom stereocenters. The Labute approximate surface area is 277 Å². The highest BCUT2D eigenvalue weighted by atomic mass is 28.2. The van der Waals surface area contributed by atoms with E-state index in [0.29, 0.717) is 9.52 Å². The van der Waals surface area contributed by atoms with Gasteiger partial charge in [-0.05, 0) is 94.7 Å². The predicted octanol–water partition coefficient (Wildman–Crippen LogP) is 11.0. The lowest BCUT2D eigenvalue weighted by molar-refractivity contribution is 1.63. The highest BCUT2D eigenvalue weighted by Crippen LogP contribution is 2.44. The topological polar surface area (TPSA) is 0 Å². The van der Waals surface area contributed by atoms with Crippen LogP contribution < -0.4 is 10.4 Å². The van der Waals surface area contributed by atoms with E-state index in [2.05, 4.69) is 182 Å². The van der Waals surface area contributed by atoms with Crippen molar-refractivity contribution in [3.8, 4) is 33.4 Å². The molecule has 0 aliphatic carbocycles. The van der Waals surface area contributed by atoms with Gasteiger partial charge in [-0.3, -0.25) is 0 Å². The highest BCUT2D eigenvalue weighted by Gasteiger charge is 2.18. The van der Waals surface area contributed by atoms with Crippen LogP contribution in [0.3, 0.4) is 0 Å². The Balaban J connectivity index is 1.31. The van der Waals surface area contributed by atoms with Crippen molar-refractivity contribution in [1.29, 1.82) is 0 Å². The minimum atomic E-state index is 0.587. The van der Waals surface area contributed by atoms with E-state index in [1.807, 2.05) is 0 Å². The first kappa shape index (κ1) is 27.5. The molecule has 0 aliphatic heterocycles. The van der Waals surface area contributed by atoms with E-state index in [1.54, 1.807) is 0 Å². The second-order valence-electron chi connectivity index (χ2n) is 12.3. The van der Waals surface area contributed by atoms with Gasteiger partial charge in [-0.1, -0.05) is 174 Å². The fourth-order valence-electron chi connectivity index (χ4n) is 7.13. The Morgan fingerprint density at radius 1 is 0.255 bits per heavy atom. The van der Waals surface area contributed by atoms with Crippen LogP contribution in [0.15, 0.2) is 182 Å². The molecule has 9 rings (SSSR count). The van der Waals surface area contributed by atoms with E-state index in [1.165, 1.54) is 86.8 Å². The summed E-state index contributed by atoms with van der Waals surface area (Å²) in [6.07, 6.45) is 0. The van der Waals surface area contributed by atoms with Gasteiger partial charge in [0, 0.05) is 0 Å². The molecule has 0 unspecified atom stereocenters. The van der Waals surface area contributed by atoms with Gasteiger partial charge in [0.05, 0.1) is 0 Å². The molecule has 0 aromatic heterocycles.